The van der Waals surface area contributed by atoms with Crippen LogP contribution in [0.2, 0.25) is 0 Å². The van der Waals surface area contributed by atoms with Crippen LogP contribution in [0.25, 0.3) is 0 Å². The zero-order valence-corrected chi connectivity index (χ0v) is 11.8. The van der Waals surface area contributed by atoms with Crippen molar-refractivity contribution in [2.75, 3.05) is 25.1 Å². The summed E-state index contributed by atoms with van der Waals surface area (Å²) >= 11 is 0. The van der Waals surface area contributed by atoms with Crippen LogP contribution in [0.4, 0.5) is 14.6 Å². The Bertz CT molecular complexity index is 441. The molecule has 1 heterocycles. The van der Waals surface area contributed by atoms with E-state index < -0.39 is 13.0 Å². The van der Waals surface area contributed by atoms with Gasteiger partial charge < -0.3 is 10.1 Å². The van der Waals surface area contributed by atoms with Gasteiger partial charge in [-0.1, -0.05) is 6.92 Å². The first kappa shape index (κ1) is 15.1. The molecule has 0 fully saturated rings. The topological polar surface area (TPSA) is 47.0 Å². The van der Waals surface area contributed by atoms with E-state index in [2.05, 4.69) is 22.2 Å². The van der Waals surface area contributed by atoms with E-state index in [-0.39, 0.29) is 6.61 Å². The fourth-order valence-electron chi connectivity index (χ4n) is 2.32. The van der Waals surface area contributed by atoms with Gasteiger partial charge in [-0.05, 0) is 25.7 Å². The second-order valence-corrected chi connectivity index (χ2v) is 4.91. The summed E-state index contributed by atoms with van der Waals surface area (Å²) in [5.74, 6) is 1.59. The normalized spacial score (nSPS) is 13.8. The second-order valence-electron chi connectivity index (χ2n) is 4.91. The van der Waals surface area contributed by atoms with Gasteiger partial charge in [0.05, 0.1) is 6.61 Å². The van der Waals surface area contributed by atoms with Gasteiger partial charge in [0.1, 0.15) is 18.2 Å². The molecule has 4 nitrogen and oxygen atoms in total. The number of alkyl halides is 2. The van der Waals surface area contributed by atoms with Crippen molar-refractivity contribution in [1.82, 2.24) is 9.97 Å². The number of rotatable bonds is 8. The van der Waals surface area contributed by atoms with Crippen LogP contribution in [0.1, 0.15) is 36.8 Å². The lowest BCUT2D eigenvalue weighted by molar-refractivity contribution is 0.0183. The molecule has 0 aromatic carbocycles. The first-order valence-corrected chi connectivity index (χ1v) is 7.19. The Hall–Kier alpha value is -1.30. The van der Waals surface area contributed by atoms with Crippen LogP contribution in [0, 0.1) is 0 Å². The van der Waals surface area contributed by atoms with Crippen molar-refractivity contribution in [3.63, 3.8) is 0 Å². The van der Waals surface area contributed by atoms with Crippen LogP contribution >= 0.6 is 0 Å². The molecule has 0 spiro atoms. The van der Waals surface area contributed by atoms with Crippen molar-refractivity contribution in [3.05, 3.63) is 17.1 Å². The molecule has 0 saturated heterocycles. The molecular weight excluding hydrogens is 264 g/mol. The molecule has 1 aromatic heterocycles. The highest BCUT2D eigenvalue weighted by molar-refractivity contribution is 5.48. The summed E-state index contributed by atoms with van der Waals surface area (Å²) in [6.45, 7) is 2.69. The maximum Gasteiger partial charge on any atom is 0.261 e. The predicted molar refractivity (Wildman–Crippen MR) is 73.4 cm³/mol. The molecule has 2 rings (SSSR count). The third-order valence-corrected chi connectivity index (χ3v) is 3.24. The minimum absolute atomic E-state index is 0.232. The molecule has 0 amide bonds. The van der Waals surface area contributed by atoms with Crippen LogP contribution in [0.3, 0.4) is 0 Å². The van der Waals surface area contributed by atoms with E-state index in [0.29, 0.717) is 12.2 Å². The highest BCUT2D eigenvalue weighted by Crippen LogP contribution is 2.26. The van der Waals surface area contributed by atoms with E-state index in [1.54, 1.807) is 0 Å². The number of nitrogens with one attached hydrogen (secondary N) is 1. The fourth-order valence-corrected chi connectivity index (χ4v) is 2.32. The largest absolute Gasteiger partial charge is 0.375 e. The SMILES string of the molecule is CCCNc1nc(CCOCC(F)F)nc2c1CCC2. The maximum absolute atomic E-state index is 12.0. The summed E-state index contributed by atoms with van der Waals surface area (Å²) in [4.78, 5) is 9.03. The van der Waals surface area contributed by atoms with E-state index in [1.807, 2.05) is 0 Å². The fraction of sp³-hybridized carbons (Fsp3) is 0.714. The molecule has 1 aliphatic rings. The number of nitrogens with zero attached hydrogens (tertiary/aromatic N) is 2. The molecule has 0 unspecified atom stereocenters. The maximum atomic E-state index is 12.0. The molecule has 112 valence electrons. The molecule has 1 aliphatic carbocycles. The quantitative estimate of drug-likeness (QED) is 0.746. The zero-order chi connectivity index (χ0) is 14.4. The highest BCUT2D eigenvalue weighted by Gasteiger charge is 2.19. The van der Waals surface area contributed by atoms with Gasteiger partial charge in [0, 0.05) is 24.2 Å². The lowest BCUT2D eigenvalue weighted by atomic mass is 10.2. The van der Waals surface area contributed by atoms with Gasteiger partial charge in [0.2, 0.25) is 0 Å². The average molecular weight is 285 g/mol. The average Bonchev–Trinajstić information content (AvgIpc) is 2.89. The Morgan fingerprint density at radius 2 is 2.15 bits per heavy atom. The second kappa shape index (κ2) is 7.47. The van der Waals surface area contributed by atoms with Gasteiger partial charge >= 0.3 is 0 Å². The number of halogens is 2. The molecule has 0 bridgehead atoms. The van der Waals surface area contributed by atoms with Crippen LogP contribution in [-0.4, -0.2) is 36.2 Å². The zero-order valence-electron chi connectivity index (χ0n) is 11.8. The smallest absolute Gasteiger partial charge is 0.261 e. The first-order chi connectivity index (χ1) is 9.70. The number of hydrogen-bond acceptors (Lipinski definition) is 4. The number of anilines is 1. The van der Waals surface area contributed by atoms with Gasteiger partial charge in [0.15, 0.2) is 0 Å². The van der Waals surface area contributed by atoms with E-state index in [4.69, 9.17) is 4.74 Å². The molecule has 0 aliphatic heterocycles. The monoisotopic (exact) mass is 285 g/mol. The van der Waals surface area contributed by atoms with Crippen molar-refractivity contribution >= 4 is 5.82 Å². The highest BCUT2D eigenvalue weighted by atomic mass is 19.3. The molecule has 1 N–H and O–H groups in total. The van der Waals surface area contributed by atoms with Crippen molar-refractivity contribution < 1.29 is 13.5 Å². The van der Waals surface area contributed by atoms with Gasteiger partial charge in [-0.25, -0.2) is 18.7 Å². The molecule has 0 radical (unpaired) electrons. The van der Waals surface area contributed by atoms with E-state index in [9.17, 15) is 8.78 Å². The molecular formula is C14H21F2N3O. The molecule has 1 aromatic rings. The minimum atomic E-state index is -2.42. The number of fused-ring (bicyclic) bond motifs is 1. The summed E-state index contributed by atoms with van der Waals surface area (Å²) in [6.07, 6.45) is 2.19. The number of hydrogen-bond donors (Lipinski definition) is 1. The third-order valence-electron chi connectivity index (χ3n) is 3.24. The molecule has 6 heteroatoms. The van der Waals surface area contributed by atoms with Crippen molar-refractivity contribution in [2.45, 2.75) is 45.5 Å². The lowest BCUT2D eigenvalue weighted by Gasteiger charge is -2.11. The Balaban J connectivity index is 1.98. The van der Waals surface area contributed by atoms with Crippen LogP contribution in [-0.2, 0) is 24.0 Å². The van der Waals surface area contributed by atoms with Crippen molar-refractivity contribution in [3.8, 4) is 0 Å². The van der Waals surface area contributed by atoms with E-state index in [1.165, 1.54) is 5.56 Å². The van der Waals surface area contributed by atoms with Gasteiger partial charge in [-0.15, -0.1) is 0 Å². The van der Waals surface area contributed by atoms with E-state index >= 15 is 0 Å². The number of aryl methyl sites for hydroxylation is 1. The summed E-state index contributed by atoms with van der Waals surface area (Å²) in [7, 11) is 0. The standard InChI is InChI=1S/C14H21F2N3O/c1-2-7-17-14-10-4-3-5-11(10)18-13(19-14)6-8-20-9-12(15)16/h12H,2-9H2,1H3,(H,17,18,19). The van der Waals surface area contributed by atoms with Crippen LogP contribution < -0.4 is 5.32 Å². The first-order valence-electron chi connectivity index (χ1n) is 7.19. The van der Waals surface area contributed by atoms with Gasteiger partial charge in [0.25, 0.3) is 6.43 Å². The van der Waals surface area contributed by atoms with Gasteiger partial charge in [-0.3, -0.25) is 0 Å². The lowest BCUT2D eigenvalue weighted by Crippen LogP contribution is -2.12. The van der Waals surface area contributed by atoms with Gasteiger partial charge in [-0.2, -0.15) is 0 Å². The molecule has 20 heavy (non-hydrogen) atoms. The van der Waals surface area contributed by atoms with Crippen molar-refractivity contribution in [2.24, 2.45) is 0 Å². The number of aromatic nitrogens is 2. The Morgan fingerprint density at radius 3 is 2.90 bits per heavy atom. The Kier molecular flexibility index (Phi) is 5.64. The molecule has 0 atom stereocenters. The summed E-state index contributed by atoms with van der Waals surface area (Å²) in [6, 6.07) is 0. The minimum Gasteiger partial charge on any atom is -0.375 e. The Labute approximate surface area is 118 Å². The summed E-state index contributed by atoms with van der Waals surface area (Å²) < 4.78 is 28.8. The predicted octanol–water partition coefficient (Wildman–Crippen LogP) is 2.61. The van der Waals surface area contributed by atoms with Crippen LogP contribution in [0.5, 0.6) is 0 Å². The summed E-state index contributed by atoms with van der Waals surface area (Å²) in [5, 5.41) is 3.33. The van der Waals surface area contributed by atoms with Crippen LogP contribution in [0.15, 0.2) is 0 Å². The molecule has 0 saturated carbocycles. The van der Waals surface area contributed by atoms with Crippen molar-refractivity contribution in [1.29, 1.82) is 0 Å². The Morgan fingerprint density at radius 1 is 1.30 bits per heavy atom. The summed E-state index contributed by atoms with van der Waals surface area (Å²) in [5.41, 5.74) is 2.32. The number of ether oxygens (including phenoxy) is 1. The third kappa shape index (κ3) is 4.10. The van der Waals surface area contributed by atoms with E-state index in [0.717, 1.165) is 43.7 Å².